The number of carbonyl (C=O) groups is 12. The van der Waals surface area contributed by atoms with Crippen LogP contribution in [0.3, 0.4) is 0 Å². The average molecular weight is 1540 g/mol. The molecule has 109 heavy (non-hydrogen) atoms. The third-order valence-electron chi connectivity index (χ3n) is 21.9. The van der Waals surface area contributed by atoms with Crippen LogP contribution in [0.5, 0.6) is 0 Å². The molecule has 2 aromatic rings. The lowest BCUT2D eigenvalue weighted by Crippen LogP contribution is -2.66. The highest BCUT2D eigenvalue weighted by Crippen LogP contribution is 2.37. The number of carbonyl (C=O) groups excluding carboxylic acids is 12. The molecular weight excluding hydrogens is 1400 g/mol. The summed E-state index contributed by atoms with van der Waals surface area (Å²) in [5, 5.41) is 4.67. The van der Waals surface area contributed by atoms with Crippen molar-refractivity contribution >= 4 is 89.3 Å². The molecule has 2 aromatic carbocycles. The zero-order valence-electron chi connectivity index (χ0n) is 71.4. The molecule has 0 saturated carbocycles. The first-order chi connectivity index (χ1) is 50.7. The summed E-state index contributed by atoms with van der Waals surface area (Å²) in [5.41, 5.74) is 0. The number of rotatable bonds is 23. The second kappa shape index (κ2) is 43.4. The maximum Gasteiger partial charge on any atom is 0.303 e. The van der Waals surface area contributed by atoms with Crippen LogP contribution in [0, 0.1) is 59.2 Å². The van der Waals surface area contributed by atoms with Crippen molar-refractivity contribution in [3.8, 4) is 0 Å². The highest BCUT2D eigenvalue weighted by Gasteiger charge is 2.51. The maximum absolute atomic E-state index is 15.7. The summed E-state index contributed by atoms with van der Waals surface area (Å²) in [5.74, 6) is -13.1. The summed E-state index contributed by atoms with van der Waals surface area (Å²) in [4.78, 5) is 189. The van der Waals surface area contributed by atoms with E-state index in [2.05, 4.69) is 50.4 Å². The van der Waals surface area contributed by atoms with Crippen molar-refractivity contribution < 1.29 is 71.4 Å². The molecule has 23 nitrogen and oxygen atoms in total. The molecule has 0 aliphatic carbocycles. The highest BCUT2D eigenvalue weighted by atomic mass is 28.4. The van der Waals surface area contributed by atoms with Gasteiger partial charge in [-0.1, -0.05) is 197 Å². The van der Waals surface area contributed by atoms with E-state index in [4.69, 9.17) is 13.9 Å². The number of nitrogens with one attached hydrogen (secondary N) is 1. The largest absolute Gasteiger partial charge is 0.459 e. The van der Waals surface area contributed by atoms with Crippen LogP contribution in [0.25, 0.3) is 0 Å². The second-order valence-electron chi connectivity index (χ2n) is 33.9. The van der Waals surface area contributed by atoms with Crippen LogP contribution < -0.4 is 15.7 Å². The first-order valence-electron chi connectivity index (χ1n) is 39.6. The summed E-state index contributed by atoms with van der Waals surface area (Å²) in [7, 11) is 7.19. The van der Waals surface area contributed by atoms with Gasteiger partial charge in [0.25, 0.3) is 8.32 Å². The third kappa shape index (κ3) is 25.3. The molecule has 14 atom stereocenters. The van der Waals surface area contributed by atoms with Crippen molar-refractivity contribution in [1.29, 1.82) is 0 Å². The van der Waals surface area contributed by atoms with E-state index in [1.807, 2.05) is 84.0 Å². The Labute approximate surface area is 654 Å². The quantitative estimate of drug-likeness (QED) is 0.0469. The standard InChI is InChI=1S/C85H138N8O15Si/c1-29-31-38-57(13)76(108-62(18)94)75-77(98)86-66(30-2)81(102)87(22)61(17)79(100)92(27)74(60(16)51-106-43-44-107-109(85(19,20)21,63-39-34-32-35-40-63)64-41-36-33-37-42-64)72(97)50-65(55(9)10)80(101)88(23)67(45-52(3)4)71(96)48-58(14)70(95)49-59(15)78(99)89(24)68(46-53(5)6)82(103)90(25)69(47-54(7)8)83(104)91(26)73(56(11)12)84(105)93(75)28/h29,31-37,39-42,52-61,65-69,73-76H,30,38,43-51H2,1-28H3,(H,86,98)/b31-29+/t57-,58-,59+,60-,61-,65+,66+,67+,68+,69+,73+,74?,75+,76-/m1/s1. The van der Waals surface area contributed by atoms with Crippen molar-refractivity contribution in [1.82, 2.24) is 39.6 Å². The van der Waals surface area contributed by atoms with Crippen molar-refractivity contribution in [2.45, 2.75) is 256 Å². The SMILES string of the molecule is C/C=C/C[C@@H](C)[C@@H](OC(C)=O)[C@H]1C(=O)N[C@@H](CC)C(=O)N(C)[C@H](C)C(=O)N(C)C([C@H](C)COCCO[Si](c2ccccc2)(c2ccccc2)C(C)(C)C)C(=O)C[C@@H](C(C)C)C(=O)N(C)[C@@H](CC(C)C)C(=O)C[C@@H](C)C(=O)C[C@H](C)C(=O)N(C)[C@@H](CC(C)C)C(=O)N(C)[C@@H](CC(C)C)C(=O)N(C)[C@@H](C(C)C)C(=O)N1C. The second-order valence-corrected chi connectivity index (χ2v) is 38.2. The van der Waals surface area contributed by atoms with Crippen molar-refractivity contribution in [2.24, 2.45) is 59.2 Å². The number of ketones is 3. The summed E-state index contributed by atoms with van der Waals surface area (Å²) in [6, 6.07) is 10.1. The monoisotopic (exact) mass is 1540 g/mol. The molecule has 8 amide bonds. The number of likely N-dealkylation sites (N-methyl/N-ethyl adjacent to an activating group) is 7. The average Bonchev–Trinajstić information content (AvgIpc) is 0.748. The number of esters is 1. The minimum atomic E-state index is -3.00. The zero-order valence-corrected chi connectivity index (χ0v) is 72.4. The Bertz CT molecular complexity index is 3350. The number of benzene rings is 2. The predicted molar refractivity (Wildman–Crippen MR) is 430 cm³/mol. The molecule has 0 radical (unpaired) electrons. The Kier molecular flexibility index (Phi) is 38.1. The number of hydrogen-bond donors (Lipinski definition) is 1. The molecule has 1 N–H and O–H groups in total. The smallest absolute Gasteiger partial charge is 0.303 e. The molecule has 1 fully saturated rings. The molecular formula is C85H138N8O15Si. The van der Waals surface area contributed by atoms with Crippen LogP contribution in [0.15, 0.2) is 72.8 Å². The van der Waals surface area contributed by atoms with Gasteiger partial charge in [0.1, 0.15) is 48.1 Å². The number of ether oxygens (including phenoxy) is 2. The first-order valence-corrected chi connectivity index (χ1v) is 41.5. The number of allylic oxidation sites excluding steroid dienone is 2. The number of amides is 8. The molecule has 0 aromatic heterocycles. The van der Waals surface area contributed by atoms with Gasteiger partial charge in [0.05, 0.1) is 31.9 Å². The van der Waals surface area contributed by atoms with Gasteiger partial charge in [0, 0.05) is 99.2 Å². The maximum atomic E-state index is 15.7. The summed E-state index contributed by atoms with van der Waals surface area (Å²) < 4.78 is 19.7. The Morgan fingerprint density at radius 3 is 1.44 bits per heavy atom. The Morgan fingerprint density at radius 1 is 0.523 bits per heavy atom. The van der Waals surface area contributed by atoms with Gasteiger partial charge in [-0.05, 0) is 96.9 Å². The van der Waals surface area contributed by atoms with Gasteiger partial charge >= 0.3 is 5.97 Å². The molecule has 1 aliphatic heterocycles. The number of hydrogen-bond acceptors (Lipinski definition) is 15. The Balaban J connectivity index is 2.40. The molecule has 24 heteroatoms. The van der Waals surface area contributed by atoms with Gasteiger partial charge in [-0.25, -0.2) is 0 Å². The minimum absolute atomic E-state index is 0.0339. The molecule has 1 unspecified atom stereocenters. The van der Waals surface area contributed by atoms with Gasteiger partial charge in [0.2, 0.25) is 47.3 Å². The zero-order chi connectivity index (χ0) is 83.2. The third-order valence-corrected chi connectivity index (χ3v) is 26.9. The Morgan fingerprint density at radius 2 is 0.982 bits per heavy atom. The fraction of sp³-hybridized carbons (Fsp3) is 0.694. The molecule has 1 saturated heterocycles. The number of Topliss-reactive ketones (excluding diaryl/α,β-unsaturated/α-hetero) is 3. The molecule has 612 valence electrons. The predicted octanol–water partition coefficient (Wildman–Crippen LogP) is 9.68. The van der Waals surface area contributed by atoms with Crippen molar-refractivity contribution in [2.75, 3.05) is 69.2 Å². The lowest BCUT2D eigenvalue weighted by Gasteiger charge is -2.43. The number of nitrogens with zero attached hydrogens (tertiary/aromatic N) is 7. The van der Waals surface area contributed by atoms with Crippen molar-refractivity contribution in [3.05, 3.63) is 72.8 Å². The lowest BCUT2D eigenvalue weighted by molar-refractivity contribution is -0.164. The summed E-state index contributed by atoms with van der Waals surface area (Å²) in [6.45, 7) is 38.1. The van der Waals surface area contributed by atoms with Gasteiger partial charge in [0.15, 0.2) is 11.6 Å². The molecule has 3 rings (SSSR count). The minimum Gasteiger partial charge on any atom is -0.459 e. The van der Waals surface area contributed by atoms with Crippen LogP contribution in [0.4, 0.5) is 0 Å². The highest BCUT2D eigenvalue weighted by molar-refractivity contribution is 6.99. The van der Waals surface area contributed by atoms with Crippen LogP contribution in [-0.4, -0.2) is 237 Å². The van der Waals surface area contributed by atoms with Gasteiger partial charge in [-0.3, -0.25) is 57.5 Å². The van der Waals surface area contributed by atoms with E-state index in [1.54, 1.807) is 75.3 Å². The lowest BCUT2D eigenvalue weighted by atomic mass is 9.83. The van der Waals surface area contributed by atoms with Gasteiger partial charge < -0.3 is 53.5 Å². The normalized spacial score (nSPS) is 24.9. The van der Waals surface area contributed by atoms with Crippen LogP contribution in [-0.2, 0) is 71.4 Å². The summed E-state index contributed by atoms with van der Waals surface area (Å²) >= 11 is 0. The first kappa shape index (κ1) is 95.8. The molecule has 0 bridgehead atoms. The van der Waals surface area contributed by atoms with E-state index in [1.165, 1.54) is 92.6 Å². The van der Waals surface area contributed by atoms with E-state index < -0.39 is 163 Å². The van der Waals surface area contributed by atoms with E-state index in [0.717, 1.165) is 15.3 Å². The Hall–Kier alpha value is -7.44. The molecule has 0 spiro atoms. The van der Waals surface area contributed by atoms with Gasteiger partial charge in [-0.2, -0.15) is 0 Å². The van der Waals surface area contributed by atoms with Gasteiger partial charge in [-0.15, -0.1) is 0 Å². The van der Waals surface area contributed by atoms with E-state index in [0.29, 0.717) is 0 Å². The van der Waals surface area contributed by atoms with Crippen LogP contribution in [0.2, 0.25) is 5.04 Å². The molecule has 1 aliphatic rings. The van der Waals surface area contributed by atoms with E-state index >= 15 is 38.4 Å². The van der Waals surface area contributed by atoms with E-state index in [9.17, 15) is 19.2 Å². The van der Waals surface area contributed by atoms with E-state index in [-0.39, 0.29) is 106 Å². The summed E-state index contributed by atoms with van der Waals surface area (Å²) in [6.07, 6.45) is 2.12. The molecule has 1 heterocycles. The fourth-order valence-corrected chi connectivity index (χ4v) is 19.9. The van der Waals surface area contributed by atoms with Crippen LogP contribution in [0.1, 0.15) is 197 Å². The topological polar surface area (TPSA) is 267 Å². The fourth-order valence-electron chi connectivity index (χ4n) is 15.3. The van der Waals surface area contributed by atoms with Crippen LogP contribution >= 0.6 is 0 Å². The van der Waals surface area contributed by atoms with Crippen molar-refractivity contribution in [3.63, 3.8) is 0 Å².